The summed E-state index contributed by atoms with van der Waals surface area (Å²) in [6, 6.07) is 29.3. The summed E-state index contributed by atoms with van der Waals surface area (Å²) in [7, 11) is 0. The number of hydrogen-bond donors (Lipinski definition) is 0. The number of halogens is 1. The molecule has 48 heavy (non-hydrogen) atoms. The van der Waals surface area contributed by atoms with Crippen molar-refractivity contribution in [3.05, 3.63) is 130 Å². The van der Waals surface area contributed by atoms with E-state index in [1.807, 2.05) is 0 Å². The summed E-state index contributed by atoms with van der Waals surface area (Å²) in [4.78, 5) is 0. The van der Waals surface area contributed by atoms with Crippen LogP contribution in [0.25, 0.3) is 44.1 Å². The SMILES string of the molecule is CCCCc1ccc2c3c4[n+](ccc13)C1(C[n+]3ccc5ccccc5c3-c3cc(C)ccc31)C(CC)(CC)c1ccc(F)c(c1-4)C2(C)C. The minimum atomic E-state index is -0.470. The normalized spacial score (nSPS) is 19.1. The van der Waals surface area contributed by atoms with Gasteiger partial charge in [0.2, 0.25) is 17.9 Å². The van der Waals surface area contributed by atoms with Crippen molar-refractivity contribution in [2.24, 2.45) is 0 Å². The smallest absolute Gasteiger partial charge is 0.207 e. The molecule has 0 amide bonds. The largest absolute Gasteiger partial charge is 0.262 e. The summed E-state index contributed by atoms with van der Waals surface area (Å²) in [5, 5.41) is 5.20. The molecule has 2 aromatic heterocycles. The van der Waals surface area contributed by atoms with Crippen LogP contribution in [-0.4, -0.2) is 0 Å². The topological polar surface area (TPSA) is 7.76 Å². The van der Waals surface area contributed by atoms with Gasteiger partial charge in [0, 0.05) is 28.7 Å². The Morgan fingerprint density at radius 1 is 0.771 bits per heavy atom. The van der Waals surface area contributed by atoms with E-state index in [-0.39, 0.29) is 11.2 Å². The Morgan fingerprint density at radius 2 is 1.54 bits per heavy atom. The van der Waals surface area contributed by atoms with E-state index in [2.05, 4.69) is 136 Å². The fourth-order valence-electron chi connectivity index (χ4n) is 10.6. The molecule has 1 aliphatic carbocycles. The third kappa shape index (κ3) is 3.43. The van der Waals surface area contributed by atoms with Crippen LogP contribution in [0.1, 0.15) is 93.7 Å². The molecule has 9 rings (SSSR count). The van der Waals surface area contributed by atoms with E-state index in [0.717, 1.165) is 49.8 Å². The second-order valence-corrected chi connectivity index (χ2v) is 15.2. The van der Waals surface area contributed by atoms with Gasteiger partial charge >= 0.3 is 0 Å². The van der Waals surface area contributed by atoms with E-state index in [1.54, 1.807) is 6.07 Å². The lowest BCUT2D eigenvalue weighted by Crippen LogP contribution is -2.76. The maximum atomic E-state index is 16.5. The molecule has 0 saturated heterocycles. The predicted molar refractivity (Wildman–Crippen MR) is 194 cm³/mol. The molecule has 1 spiro atoms. The molecular weight excluding hydrogens is 588 g/mol. The third-order valence-corrected chi connectivity index (χ3v) is 12.8. The molecule has 4 heterocycles. The first-order valence-corrected chi connectivity index (χ1v) is 18.1. The van der Waals surface area contributed by atoms with Crippen molar-refractivity contribution in [1.29, 1.82) is 0 Å². The number of unbranched alkanes of at least 4 members (excludes halogenated alkanes) is 1. The van der Waals surface area contributed by atoms with Gasteiger partial charge in [0.15, 0.2) is 12.4 Å². The predicted octanol–water partition coefficient (Wildman–Crippen LogP) is 10.2. The second kappa shape index (κ2) is 10.1. The van der Waals surface area contributed by atoms with Crippen LogP contribution in [-0.2, 0) is 29.3 Å². The lowest BCUT2D eigenvalue weighted by atomic mass is 9.52. The number of fused-ring (bicyclic) bond motifs is 7. The Hall–Kier alpha value is -4.37. The van der Waals surface area contributed by atoms with Crippen LogP contribution in [0, 0.1) is 12.7 Å². The molecule has 240 valence electrons. The highest BCUT2D eigenvalue weighted by Crippen LogP contribution is 2.61. The highest BCUT2D eigenvalue weighted by molar-refractivity contribution is 6.03. The molecule has 0 bridgehead atoms. The molecule has 2 nitrogen and oxygen atoms in total. The van der Waals surface area contributed by atoms with E-state index in [4.69, 9.17) is 0 Å². The van der Waals surface area contributed by atoms with Gasteiger partial charge < -0.3 is 0 Å². The van der Waals surface area contributed by atoms with Crippen LogP contribution in [0.15, 0.2) is 91.3 Å². The number of benzene rings is 4. The molecule has 1 unspecified atom stereocenters. The number of hydrogen-bond acceptors (Lipinski definition) is 0. The van der Waals surface area contributed by atoms with Crippen molar-refractivity contribution in [2.75, 3.05) is 0 Å². The van der Waals surface area contributed by atoms with Crippen molar-refractivity contribution < 1.29 is 13.5 Å². The van der Waals surface area contributed by atoms with E-state index in [9.17, 15) is 0 Å². The standard InChI is InChI=1S/C45H45FN2/c1-7-10-13-29-17-19-35-38-31(29)23-25-48-42(38)39-36(20-21-37(46)40(39)43(35,5)6)44(8-2,9-3)45(48)27-47-24-22-30-14-11-12-15-32(30)41(47)33-26-28(4)16-18-34(33)45/h11-12,14-26H,7-10,13,27H2,1-6H3/q+2. The zero-order chi connectivity index (χ0) is 33.2. The third-order valence-electron chi connectivity index (χ3n) is 12.8. The second-order valence-electron chi connectivity index (χ2n) is 15.2. The summed E-state index contributed by atoms with van der Waals surface area (Å²) >= 11 is 0. The van der Waals surface area contributed by atoms with Gasteiger partial charge in [-0.1, -0.05) is 95.1 Å². The van der Waals surface area contributed by atoms with Gasteiger partial charge in [0.25, 0.3) is 5.54 Å². The molecule has 0 radical (unpaired) electrons. The Bertz CT molecular complexity index is 2340. The molecule has 4 aromatic carbocycles. The quantitative estimate of drug-likeness (QED) is 0.167. The van der Waals surface area contributed by atoms with Crippen molar-refractivity contribution >= 4 is 21.5 Å². The van der Waals surface area contributed by atoms with Gasteiger partial charge in [-0.2, -0.15) is 9.13 Å². The van der Waals surface area contributed by atoms with E-state index in [0.29, 0.717) is 0 Å². The molecular formula is C45H45FN2+2. The maximum Gasteiger partial charge on any atom is 0.262 e. The zero-order valence-electron chi connectivity index (χ0n) is 29.2. The van der Waals surface area contributed by atoms with Crippen molar-refractivity contribution in [1.82, 2.24) is 0 Å². The van der Waals surface area contributed by atoms with Crippen LogP contribution in [0.2, 0.25) is 0 Å². The number of aromatic nitrogens is 2. The minimum absolute atomic E-state index is 0.0917. The van der Waals surface area contributed by atoms with Gasteiger partial charge in [-0.3, -0.25) is 0 Å². The Kier molecular flexibility index (Phi) is 6.24. The van der Waals surface area contributed by atoms with Gasteiger partial charge in [0.1, 0.15) is 5.82 Å². The first-order valence-electron chi connectivity index (χ1n) is 18.1. The number of aryl methyl sites for hydroxylation is 2. The molecule has 0 fully saturated rings. The number of rotatable bonds is 5. The zero-order valence-corrected chi connectivity index (χ0v) is 29.2. The number of nitrogens with zero attached hydrogens (tertiary/aromatic N) is 2. The Labute approximate surface area is 283 Å². The van der Waals surface area contributed by atoms with Crippen LogP contribution in [0.3, 0.4) is 0 Å². The van der Waals surface area contributed by atoms with E-state index < -0.39 is 11.0 Å². The van der Waals surface area contributed by atoms with Gasteiger partial charge in [-0.25, -0.2) is 4.39 Å². The first kappa shape index (κ1) is 29.7. The van der Waals surface area contributed by atoms with Crippen molar-refractivity contribution in [3.63, 3.8) is 0 Å². The number of pyridine rings is 2. The van der Waals surface area contributed by atoms with Crippen molar-refractivity contribution in [3.8, 4) is 22.5 Å². The molecule has 6 aromatic rings. The van der Waals surface area contributed by atoms with Gasteiger partial charge in [-0.15, -0.1) is 0 Å². The van der Waals surface area contributed by atoms with Crippen molar-refractivity contribution in [2.45, 2.75) is 96.6 Å². The maximum absolute atomic E-state index is 16.5. The Morgan fingerprint density at radius 3 is 2.33 bits per heavy atom. The molecule has 0 N–H and O–H groups in total. The van der Waals surface area contributed by atoms with Crippen LogP contribution < -0.4 is 9.13 Å². The molecule has 3 heteroatoms. The molecule has 0 saturated carbocycles. The summed E-state index contributed by atoms with van der Waals surface area (Å²) in [5.41, 5.74) is 11.2. The van der Waals surface area contributed by atoms with Crippen LogP contribution in [0.5, 0.6) is 0 Å². The lowest BCUT2D eigenvalue weighted by Gasteiger charge is -2.52. The first-order chi connectivity index (χ1) is 23.2. The monoisotopic (exact) mass is 632 g/mol. The lowest BCUT2D eigenvalue weighted by molar-refractivity contribution is -0.826. The fraction of sp³-hybridized carbons (Fsp3) is 0.333. The van der Waals surface area contributed by atoms with Crippen LogP contribution >= 0.6 is 0 Å². The summed E-state index contributed by atoms with van der Waals surface area (Å²) in [6.07, 6.45) is 9.95. The van der Waals surface area contributed by atoms with Gasteiger partial charge in [-0.05, 0) is 78.3 Å². The fourth-order valence-corrected chi connectivity index (χ4v) is 10.6. The summed E-state index contributed by atoms with van der Waals surface area (Å²) in [5.74, 6) is -0.0917. The molecule has 3 aliphatic rings. The average molecular weight is 633 g/mol. The summed E-state index contributed by atoms with van der Waals surface area (Å²) in [6.45, 7) is 14.5. The van der Waals surface area contributed by atoms with E-state index >= 15 is 4.39 Å². The van der Waals surface area contributed by atoms with Gasteiger partial charge in [0.05, 0.1) is 27.3 Å². The molecule has 2 aliphatic heterocycles. The average Bonchev–Trinajstić information content (AvgIpc) is 3.09. The highest BCUT2D eigenvalue weighted by atomic mass is 19.1. The highest BCUT2D eigenvalue weighted by Gasteiger charge is 2.69. The Balaban J connectivity index is 1.50. The molecule has 1 atom stereocenters. The van der Waals surface area contributed by atoms with E-state index in [1.165, 1.54) is 66.3 Å². The minimum Gasteiger partial charge on any atom is -0.207 e. The summed E-state index contributed by atoms with van der Waals surface area (Å²) < 4.78 is 21.7. The van der Waals surface area contributed by atoms with Crippen LogP contribution in [0.4, 0.5) is 4.39 Å².